The zero-order valence-corrected chi connectivity index (χ0v) is 10.6. The molecule has 98 valence electrons. The van der Waals surface area contributed by atoms with Gasteiger partial charge in [0.15, 0.2) is 0 Å². The molecule has 1 aliphatic heterocycles. The number of rotatable bonds is 5. The van der Waals surface area contributed by atoms with E-state index < -0.39 is 5.97 Å². The van der Waals surface area contributed by atoms with Gasteiger partial charge in [0.2, 0.25) is 0 Å². The molecule has 1 aromatic heterocycles. The number of nitrogens with one attached hydrogen (secondary N) is 1. The van der Waals surface area contributed by atoms with Gasteiger partial charge >= 0.3 is 5.97 Å². The number of likely N-dealkylation sites (tertiary alicyclic amines) is 1. The van der Waals surface area contributed by atoms with E-state index in [1.54, 1.807) is 18.3 Å². The van der Waals surface area contributed by atoms with E-state index in [9.17, 15) is 4.79 Å². The van der Waals surface area contributed by atoms with Crippen molar-refractivity contribution in [2.45, 2.75) is 25.8 Å². The molecule has 18 heavy (non-hydrogen) atoms. The lowest BCUT2D eigenvalue weighted by molar-refractivity contribution is 0.0697. The summed E-state index contributed by atoms with van der Waals surface area (Å²) in [5.41, 5.74) is 0.235. The van der Waals surface area contributed by atoms with E-state index in [1.165, 1.54) is 6.42 Å². The van der Waals surface area contributed by atoms with Gasteiger partial charge in [-0.25, -0.2) is 9.78 Å². The van der Waals surface area contributed by atoms with Crippen molar-refractivity contribution in [3.63, 3.8) is 0 Å². The van der Waals surface area contributed by atoms with E-state index in [0.29, 0.717) is 11.9 Å². The summed E-state index contributed by atoms with van der Waals surface area (Å²) < 4.78 is 0. The second-order valence-corrected chi connectivity index (χ2v) is 4.51. The second-order valence-electron chi connectivity index (χ2n) is 4.51. The summed E-state index contributed by atoms with van der Waals surface area (Å²) in [5, 5.41) is 12.2. The van der Waals surface area contributed by atoms with Crippen LogP contribution in [0.25, 0.3) is 0 Å². The maximum atomic E-state index is 11.0. The van der Waals surface area contributed by atoms with Crippen LogP contribution in [0.15, 0.2) is 18.3 Å². The van der Waals surface area contributed by atoms with Gasteiger partial charge in [-0.05, 0) is 38.1 Å². The quantitative estimate of drug-likeness (QED) is 0.831. The molecule has 0 aromatic carbocycles. The summed E-state index contributed by atoms with van der Waals surface area (Å²) in [4.78, 5) is 17.6. The van der Waals surface area contributed by atoms with Crippen LogP contribution in [-0.4, -0.2) is 46.6 Å². The predicted molar refractivity (Wildman–Crippen MR) is 70.0 cm³/mol. The molecule has 2 N–H and O–H groups in total. The first-order chi connectivity index (χ1) is 8.72. The maximum Gasteiger partial charge on any atom is 0.339 e. The SMILES string of the molecule is CCN1CCC[C@H]1CNc1ncccc1C(=O)O. The minimum absolute atomic E-state index is 0.235. The number of pyridine rings is 1. The molecule has 0 bridgehead atoms. The predicted octanol–water partition coefficient (Wildman–Crippen LogP) is 1.68. The van der Waals surface area contributed by atoms with Gasteiger partial charge in [0.25, 0.3) is 0 Å². The van der Waals surface area contributed by atoms with Gasteiger partial charge in [0.1, 0.15) is 11.4 Å². The molecule has 0 spiro atoms. The Bertz CT molecular complexity index is 422. The van der Waals surface area contributed by atoms with Crippen LogP contribution in [0.1, 0.15) is 30.1 Å². The highest BCUT2D eigenvalue weighted by Crippen LogP contribution is 2.18. The lowest BCUT2D eigenvalue weighted by atomic mass is 10.2. The number of aromatic carboxylic acids is 1. The van der Waals surface area contributed by atoms with Crippen molar-refractivity contribution in [1.82, 2.24) is 9.88 Å². The van der Waals surface area contributed by atoms with Crippen molar-refractivity contribution in [2.24, 2.45) is 0 Å². The number of nitrogens with zero attached hydrogens (tertiary/aromatic N) is 2. The lowest BCUT2D eigenvalue weighted by Gasteiger charge is -2.23. The molecule has 1 fully saturated rings. The number of anilines is 1. The average Bonchev–Trinajstić information content (AvgIpc) is 2.84. The van der Waals surface area contributed by atoms with Crippen LogP contribution >= 0.6 is 0 Å². The molecular weight excluding hydrogens is 230 g/mol. The van der Waals surface area contributed by atoms with Crippen molar-refractivity contribution in [1.29, 1.82) is 0 Å². The van der Waals surface area contributed by atoms with Crippen LogP contribution < -0.4 is 5.32 Å². The standard InChI is InChI=1S/C13H19N3O2/c1-2-16-8-4-5-10(16)9-15-12-11(13(17)18)6-3-7-14-12/h3,6-7,10H,2,4-5,8-9H2,1H3,(H,14,15)(H,17,18)/t10-/m0/s1. The molecule has 0 aliphatic carbocycles. The number of aromatic nitrogens is 1. The fraction of sp³-hybridized carbons (Fsp3) is 0.538. The Balaban J connectivity index is 2.00. The summed E-state index contributed by atoms with van der Waals surface area (Å²) >= 11 is 0. The Morgan fingerprint density at radius 2 is 2.50 bits per heavy atom. The van der Waals surface area contributed by atoms with Crippen LogP contribution in [0.5, 0.6) is 0 Å². The zero-order valence-electron chi connectivity index (χ0n) is 10.6. The number of hydrogen-bond donors (Lipinski definition) is 2. The molecule has 0 radical (unpaired) electrons. The first kappa shape index (κ1) is 12.8. The fourth-order valence-electron chi connectivity index (χ4n) is 2.48. The van der Waals surface area contributed by atoms with E-state index in [4.69, 9.17) is 5.11 Å². The van der Waals surface area contributed by atoms with E-state index in [2.05, 4.69) is 22.1 Å². The largest absolute Gasteiger partial charge is 0.478 e. The van der Waals surface area contributed by atoms with Crippen LogP contribution in [0.2, 0.25) is 0 Å². The maximum absolute atomic E-state index is 11.0. The van der Waals surface area contributed by atoms with Gasteiger partial charge in [-0.2, -0.15) is 0 Å². The Labute approximate surface area is 107 Å². The third kappa shape index (κ3) is 2.79. The molecule has 0 amide bonds. The van der Waals surface area contributed by atoms with Crippen molar-refractivity contribution in [3.8, 4) is 0 Å². The summed E-state index contributed by atoms with van der Waals surface area (Å²) in [5.74, 6) is -0.475. The van der Waals surface area contributed by atoms with Crippen LogP contribution in [-0.2, 0) is 0 Å². The lowest BCUT2D eigenvalue weighted by Crippen LogP contribution is -2.35. The molecule has 0 unspecified atom stereocenters. The molecule has 5 nitrogen and oxygen atoms in total. The monoisotopic (exact) mass is 249 g/mol. The van der Waals surface area contributed by atoms with Gasteiger partial charge in [-0.3, -0.25) is 4.90 Å². The molecular formula is C13H19N3O2. The summed E-state index contributed by atoms with van der Waals surface area (Å²) in [6, 6.07) is 3.70. The van der Waals surface area contributed by atoms with Crippen molar-refractivity contribution < 1.29 is 9.90 Å². The molecule has 0 saturated carbocycles. The number of hydrogen-bond acceptors (Lipinski definition) is 4. The minimum Gasteiger partial charge on any atom is -0.478 e. The molecule has 1 atom stereocenters. The van der Waals surface area contributed by atoms with Gasteiger partial charge in [-0.15, -0.1) is 0 Å². The third-order valence-corrected chi connectivity index (χ3v) is 3.45. The topological polar surface area (TPSA) is 65.5 Å². The van der Waals surface area contributed by atoms with E-state index in [1.807, 2.05) is 0 Å². The number of likely N-dealkylation sites (N-methyl/N-ethyl adjacent to an activating group) is 1. The Morgan fingerprint density at radius 1 is 1.67 bits per heavy atom. The van der Waals surface area contributed by atoms with Crippen molar-refractivity contribution >= 4 is 11.8 Å². The Morgan fingerprint density at radius 3 is 3.22 bits per heavy atom. The first-order valence-corrected chi connectivity index (χ1v) is 6.38. The van der Waals surface area contributed by atoms with Crippen molar-refractivity contribution in [3.05, 3.63) is 23.9 Å². The van der Waals surface area contributed by atoms with Gasteiger partial charge < -0.3 is 10.4 Å². The van der Waals surface area contributed by atoms with Gasteiger partial charge in [0, 0.05) is 18.8 Å². The number of carboxylic acids is 1. The first-order valence-electron chi connectivity index (χ1n) is 6.38. The number of carbonyl (C=O) groups is 1. The zero-order chi connectivity index (χ0) is 13.0. The van der Waals surface area contributed by atoms with E-state index in [-0.39, 0.29) is 5.56 Å². The highest BCUT2D eigenvalue weighted by atomic mass is 16.4. The minimum atomic E-state index is -0.940. The van der Waals surface area contributed by atoms with Gasteiger partial charge in [-0.1, -0.05) is 6.92 Å². The van der Waals surface area contributed by atoms with Crippen molar-refractivity contribution in [2.75, 3.05) is 25.0 Å². The highest BCUT2D eigenvalue weighted by Gasteiger charge is 2.23. The molecule has 2 rings (SSSR count). The molecule has 1 aromatic rings. The fourth-order valence-corrected chi connectivity index (χ4v) is 2.48. The molecule has 1 saturated heterocycles. The summed E-state index contributed by atoms with van der Waals surface area (Å²) in [7, 11) is 0. The van der Waals surface area contributed by atoms with E-state index >= 15 is 0 Å². The van der Waals surface area contributed by atoms with Crippen LogP contribution in [0.3, 0.4) is 0 Å². The van der Waals surface area contributed by atoms with Crippen LogP contribution in [0.4, 0.5) is 5.82 Å². The summed E-state index contributed by atoms with van der Waals surface area (Å²) in [6.07, 6.45) is 3.99. The van der Waals surface area contributed by atoms with Crippen LogP contribution in [0, 0.1) is 0 Å². The van der Waals surface area contributed by atoms with E-state index in [0.717, 1.165) is 26.1 Å². The average molecular weight is 249 g/mol. The van der Waals surface area contributed by atoms with Gasteiger partial charge in [0.05, 0.1) is 0 Å². The Kier molecular flexibility index (Phi) is 4.15. The molecule has 2 heterocycles. The number of carboxylic acid groups (broad SMARTS) is 1. The Hall–Kier alpha value is -1.62. The smallest absolute Gasteiger partial charge is 0.339 e. The normalized spacial score (nSPS) is 19.9. The highest BCUT2D eigenvalue weighted by molar-refractivity contribution is 5.92. The molecule has 5 heteroatoms. The second kappa shape index (κ2) is 5.82. The third-order valence-electron chi connectivity index (χ3n) is 3.45. The summed E-state index contributed by atoms with van der Waals surface area (Å²) in [6.45, 7) is 5.09. The molecule has 1 aliphatic rings.